The topological polar surface area (TPSA) is 70.3 Å². The Balaban J connectivity index is 1.83. The maximum Gasteiger partial charge on any atom is 0.338 e. The Labute approximate surface area is 134 Å². The van der Waals surface area contributed by atoms with Gasteiger partial charge in [-0.25, -0.2) is 9.18 Å². The number of aromatic carboxylic acids is 1. The quantitative estimate of drug-likeness (QED) is 0.881. The fraction of sp³-hybridized carbons (Fsp3) is 0.556. The summed E-state index contributed by atoms with van der Waals surface area (Å²) in [4.78, 5) is 11.1. The number of nitriles is 1. The van der Waals surface area contributed by atoms with Gasteiger partial charge in [0.05, 0.1) is 17.0 Å². The van der Waals surface area contributed by atoms with E-state index in [1.165, 1.54) is 12.1 Å². The van der Waals surface area contributed by atoms with Crippen LogP contribution >= 0.6 is 0 Å². The molecular formula is C18H20FNO3. The van der Waals surface area contributed by atoms with Gasteiger partial charge in [-0.2, -0.15) is 5.26 Å². The van der Waals surface area contributed by atoms with Crippen molar-refractivity contribution in [3.05, 3.63) is 29.1 Å². The Morgan fingerprint density at radius 3 is 2.61 bits per heavy atom. The molecule has 0 aliphatic heterocycles. The normalized spacial score (nSPS) is 19.8. The highest BCUT2D eigenvalue weighted by molar-refractivity contribution is 5.88. The van der Waals surface area contributed by atoms with Crippen LogP contribution in [0.2, 0.25) is 0 Å². The molecule has 122 valence electrons. The summed E-state index contributed by atoms with van der Waals surface area (Å²) in [6.45, 7) is 0.245. The number of hydrogen-bond donors (Lipinski definition) is 1. The highest BCUT2D eigenvalue weighted by Crippen LogP contribution is 2.46. The first kappa shape index (κ1) is 15.8. The molecule has 3 rings (SSSR count). The first-order valence-corrected chi connectivity index (χ1v) is 8.15. The number of ether oxygens (including phenoxy) is 1. The summed E-state index contributed by atoms with van der Waals surface area (Å²) in [5.74, 6) is -1.41. The zero-order valence-electron chi connectivity index (χ0n) is 13.0. The summed E-state index contributed by atoms with van der Waals surface area (Å²) >= 11 is 0. The Bertz CT molecular complexity index is 655. The monoisotopic (exact) mass is 317 g/mol. The lowest BCUT2D eigenvalue weighted by Gasteiger charge is -2.30. The van der Waals surface area contributed by atoms with Gasteiger partial charge in [0.1, 0.15) is 18.2 Å². The number of nitrogens with zero attached hydrogens (tertiary/aromatic N) is 1. The third kappa shape index (κ3) is 3.31. The first-order chi connectivity index (χ1) is 11.0. The number of carbonyl (C=O) groups is 1. The van der Waals surface area contributed by atoms with Crippen molar-refractivity contribution < 1.29 is 19.0 Å². The lowest BCUT2D eigenvalue weighted by molar-refractivity contribution is 0.0691. The number of rotatable bonds is 5. The van der Waals surface area contributed by atoms with Gasteiger partial charge in [0.25, 0.3) is 0 Å². The van der Waals surface area contributed by atoms with Gasteiger partial charge in [-0.3, -0.25) is 0 Å². The first-order valence-electron chi connectivity index (χ1n) is 8.15. The Morgan fingerprint density at radius 1 is 1.35 bits per heavy atom. The van der Waals surface area contributed by atoms with Crippen LogP contribution in [0.4, 0.5) is 4.39 Å². The molecule has 1 aromatic carbocycles. The highest BCUT2D eigenvalue weighted by Gasteiger charge is 2.35. The molecule has 2 fully saturated rings. The minimum Gasteiger partial charge on any atom is -0.492 e. The molecule has 0 saturated heterocycles. The van der Waals surface area contributed by atoms with E-state index in [2.05, 4.69) is 6.07 Å². The Kier molecular flexibility index (Phi) is 4.25. The van der Waals surface area contributed by atoms with Crippen LogP contribution < -0.4 is 4.74 Å². The molecule has 0 radical (unpaired) electrons. The standard InChI is InChI=1S/C18H20FNO3/c19-15-9-16(13(12-4-5-12)8-14(15)17(21)22)23-11-18(10-20)6-2-1-3-7-18/h8-9,12H,1-7,11H2,(H,21,22). The number of carboxylic acids is 1. The van der Waals surface area contributed by atoms with Crippen molar-refractivity contribution in [3.63, 3.8) is 0 Å². The summed E-state index contributed by atoms with van der Waals surface area (Å²) in [5.41, 5.74) is -0.0549. The van der Waals surface area contributed by atoms with Crippen molar-refractivity contribution in [2.75, 3.05) is 6.61 Å². The van der Waals surface area contributed by atoms with Crippen molar-refractivity contribution in [2.45, 2.75) is 50.9 Å². The van der Waals surface area contributed by atoms with Crippen molar-refractivity contribution in [3.8, 4) is 11.8 Å². The minimum atomic E-state index is -1.27. The van der Waals surface area contributed by atoms with E-state index in [-0.39, 0.29) is 18.1 Å². The van der Waals surface area contributed by atoms with E-state index in [1.807, 2.05) is 0 Å². The zero-order valence-corrected chi connectivity index (χ0v) is 13.0. The average molecular weight is 317 g/mol. The zero-order chi connectivity index (χ0) is 16.4. The smallest absolute Gasteiger partial charge is 0.338 e. The molecule has 2 aliphatic carbocycles. The van der Waals surface area contributed by atoms with Crippen LogP contribution in [0.5, 0.6) is 5.75 Å². The van der Waals surface area contributed by atoms with Gasteiger partial charge in [0.15, 0.2) is 0 Å². The maximum absolute atomic E-state index is 14.0. The predicted octanol–water partition coefficient (Wildman–Crippen LogP) is 4.25. The van der Waals surface area contributed by atoms with Gasteiger partial charge >= 0.3 is 5.97 Å². The molecular weight excluding hydrogens is 297 g/mol. The van der Waals surface area contributed by atoms with Gasteiger partial charge in [-0.05, 0) is 43.2 Å². The molecule has 0 spiro atoms. The third-order valence-corrected chi connectivity index (χ3v) is 4.90. The molecule has 5 heteroatoms. The number of carboxylic acid groups (broad SMARTS) is 1. The van der Waals surface area contributed by atoms with Crippen molar-refractivity contribution >= 4 is 5.97 Å². The molecule has 0 unspecified atom stereocenters. The van der Waals surface area contributed by atoms with Crippen molar-refractivity contribution in [1.29, 1.82) is 5.26 Å². The molecule has 0 aromatic heterocycles. The largest absolute Gasteiger partial charge is 0.492 e. The summed E-state index contributed by atoms with van der Waals surface area (Å²) in [5, 5.41) is 18.6. The van der Waals surface area contributed by atoms with Crippen LogP contribution in [0, 0.1) is 22.6 Å². The van der Waals surface area contributed by atoms with E-state index in [9.17, 15) is 14.4 Å². The maximum atomic E-state index is 14.0. The van der Waals surface area contributed by atoms with E-state index < -0.39 is 17.2 Å². The van der Waals surface area contributed by atoms with E-state index in [4.69, 9.17) is 9.84 Å². The second kappa shape index (κ2) is 6.19. The number of benzene rings is 1. The second-order valence-electron chi connectivity index (χ2n) is 6.69. The summed E-state index contributed by atoms with van der Waals surface area (Å²) < 4.78 is 19.8. The number of hydrogen-bond acceptors (Lipinski definition) is 3. The van der Waals surface area contributed by atoms with Crippen molar-refractivity contribution in [2.24, 2.45) is 5.41 Å². The second-order valence-corrected chi connectivity index (χ2v) is 6.69. The fourth-order valence-corrected chi connectivity index (χ4v) is 3.31. The lowest BCUT2D eigenvalue weighted by atomic mass is 9.76. The predicted molar refractivity (Wildman–Crippen MR) is 82.0 cm³/mol. The molecule has 0 heterocycles. The van der Waals surface area contributed by atoms with Gasteiger partial charge in [0, 0.05) is 6.07 Å². The molecule has 0 bridgehead atoms. The van der Waals surface area contributed by atoms with Crippen LogP contribution in [0.3, 0.4) is 0 Å². The van der Waals surface area contributed by atoms with Crippen LogP contribution in [0.1, 0.15) is 66.8 Å². The van der Waals surface area contributed by atoms with E-state index >= 15 is 0 Å². The molecule has 1 N–H and O–H groups in total. The van der Waals surface area contributed by atoms with Gasteiger partial charge in [-0.15, -0.1) is 0 Å². The summed E-state index contributed by atoms with van der Waals surface area (Å²) in [7, 11) is 0. The van der Waals surface area contributed by atoms with Crippen molar-refractivity contribution in [1.82, 2.24) is 0 Å². The molecule has 23 heavy (non-hydrogen) atoms. The summed E-state index contributed by atoms with van der Waals surface area (Å²) in [6, 6.07) is 4.95. The van der Waals surface area contributed by atoms with E-state index in [1.54, 1.807) is 0 Å². The van der Waals surface area contributed by atoms with E-state index in [0.29, 0.717) is 5.75 Å². The van der Waals surface area contributed by atoms with Crippen LogP contribution in [0.25, 0.3) is 0 Å². The highest BCUT2D eigenvalue weighted by atomic mass is 19.1. The Hall–Kier alpha value is -2.09. The SMILES string of the molecule is N#CC1(COc2cc(F)c(C(=O)O)cc2C2CC2)CCCCC1. The van der Waals surface area contributed by atoms with Gasteiger partial charge in [-0.1, -0.05) is 19.3 Å². The molecule has 0 atom stereocenters. The van der Waals surface area contributed by atoms with Gasteiger partial charge < -0.3 is 9.84 Å². The average Bonchev–Trinajstić information content (AvgIpc) is 3.38. The minimum absolute atomic E-state index is 0.244. The molecule has 0 amide bonds. The lowest BCUT2D eigenvalue weighted by Crippen LogP contribution is -2.29. The molecule has 2 aliphatic rings. The fourth-order valence-electron chi connectivity index (χ4n) is 3.31. The molecule has 1 aromatic rings. The Morgan fingerprint density at radius 2 is 2.04 bits per heavy atom. The van der Waals surface area contributed by atoms with Crippen LogP contribution in [-0.2, 0) is 0 Å². The third-order valence-electron chi connectivity index (χ3n) is 4.90. The molecule has 4 nitrogen and oxygen atoms in total. The number of halogens is 1. The van der Waals surface area contributed by atoms with E-state index in [0.717, 1.165) is 50.5 Å². The molecule has 2 saturated carbocycles. The summed E-state index contributed by atoms with van der Waals surface area (Å²) in [6.07, 6.45) is 6.70. The van der Waals surface area contributed by atoms with Crippen LogP contribution in [-0.4, -0.2) is 17.7 Å². The van der Waals surface area contributed by atoms with Crippen LogP contribution in [0.15, 0.2) is 12.1 Å². The van der Waals surface area contributed by atoms with Gasteiger partial charge in [0.2, 0.25) is 0 Å².